The first-order valence-electron chi connectivity index (χ1n) is 7.05. The molecule has 2 heterocycles. The molecule has 2 aromatic carbocycles. The van der Waals surface area contributed by atoms with E-state index in [1.54, 1.807) is 16.8 Å². The number of H-pyrrole nitrogens is 1. The summed E-state index contributed by atoms with van der Waals surface area (Å²) < 4.78 is 28.9. The lowest BCUT2D eigenvalue weighted by Crippen LogP contribution is -1.97. The molecule has 5 nitrogen and oxygen atoms in total. The minimum atomic E-state index is -0.656. The first-order chi connectivity index (χ1) is 11.7. The molecule has 0 aliphatic carbocycles. The summed E-state index contributed by atoms with van der Waals surface area (Å²) in [6.45, 7) is 0. The fraction of sp³-hybridized carbons (Fsp3) is 0. The summed E-state index contributed by atoms with van der Waals surface area (Å²) in [6, 6.07) is 12.7. The van der Waals surface area contributed by atoms with Crippen LogP contribution in [0.1, 0.15) is 5.69 Å². The van der Waals surface area contributed by atoms with Gasteiger partial charge >= 0.3 is 0 Å². The quantitative estimate of drug-likeness (QED) is 0.613. The molecule has 0 atom stereocenters. The predicted octanol–water partition coefficient (Wildman–Crippen LogP) is 3.57. The summed E-state index contributed by atoms with van der Waals surface area (Å²) in [5.74, 6) is -1.29. The van der Waals surface area contributed by atoms with Gasteiger partial charge in [0.25, 0.3) is 0 Å². The Balaban J connectivity index is 1.93. The number of hydrogen-bond donors (Lipinski definition) is 1. The molecule has 0 spiro atoms. The molecular formula is C17H9F2N5. The molecule has 116 valence electrons. The van der Waals surface area contributed by atoms with Crippen LogP contribution < -0.4 is 0 Å². The van der Waals surface area contributed by atoms with Crippen molar-refractivity contribution in [2.45, 2.75) is 0 Å². The number of nitrogens with one attached hydrogen (secondary N) is 1. The van der Waals surface area contributed by atoms with Crippen LogP contribution in [0.3, 0.4) is 0 Å². The van der Waals surface area contributed by atoms with Crippen LogP contribution >= 0.6 is 0 Å². The second-order valence-electron chi connectivity index (χ2n) is 5.19. The first kappa shape index (κ1) is 14.1. The van der Waals surface area contributed by atoms with Gasteiger partial charge in [0.2, 0.25) is 0 Å². The van der Waals surface area contributed by atoms with Crippen molar-refractivity contribution in [1.29, 1.82) is 5.26 Å². The molecule has 0 aliphatic rings. The molecule has 0 saturated heterocycles. The normalized spacial score (nSPS) is 10.9. The van der Waals surface area contributed by atoms with Gasteiger partial charge in [-0.2, -0.15) is 15.6 Å². The van der Waals surface area contributed by atoms with Crippen molar-refractivity contribution in [3.8, 4) is 23.0 Å². The topological polar surface area (TPSA) is 70.3 Å². The first-order valence-corrected chi connectivity index (χ1v) is 7.05. The van der Waals surface area contributed by atoms with E-state index in [0.717, 1.165) is 11.5 Å². The lowest BCUT2D eigenvalue weighted by atomic mass is 10.1. The third-order valence-corrected chi connectivity index (χ3v) is 3.79. The summed E-state index contributed by atoms with van der Waals surface area (Å²) >= 11 is 0. The van der Waals surface area contributed by atoms with Crippen molar-refractivity contribution < 1.29 is 8.78 Å². The Bertz CT molecular complexity index is 1100. The van der Waals surface area contributed by atoms with Gasteiger partial charge in [0.05, 0.1) is 11.2 Å². The van der Waals surface area contributed by atoms with Crippen molar-refractivity contribution in [1.82, 2.24) is 20.0 Å². The summed E-state index contributed by atoms with van der Waals surface area (Å²) in [7, 11) is 0. The molecule has 0 aliphatic heterocycles. The van der Waals surface area contributed by atoms with Crippen molar-refractivity contribution in [3.05, 3.63) is 66.0 Å². The Morgan fingerprint density at radius 3 is 2.71 bits per heavy atom. The van der Waals surface area contributed by atoms with Gasteiger partial charge in [0.15, 0.2) is 5.69 Å². The fourth-order valence-corrected chi connectivity index (χ4v) is 2.67. The van der Waals surface area contributed by atoms with E-state index in [2.05, 4.69) is 15.4 Å². The van der Waals surface area contributed by atoms with Gasteiger partial charge < -0.3 is 4.57 Å². The van der Waals surface area contributed by atoms with E-state index >= 15 is 0 Å². The highest BCUT2D eigenvalue weighted by molar-refractivity contribution is 5.86. The largest absolute Gasteiger partial charge is 0.314 e. The third-order valence-electron chi connectivity index (χ3n) is 3.79. The van der Waals surface area contributed by atoms with Crippen LogP contribution in [0, 0.1) is 23.0 Å². The summed E-state index contributed by atoms with van der Waals surface area (Å²) in [5, 5.41) is 20.1. The van der Waals surface area contributed by atoms with Gasteiger partial charge in [0, 0.05) is 17.8 Å². The van der Waals surface area contributed by atoms with E-state index in [1.807, 2.05) is 24.3 Å². The third kappa shape index (κ3) is 2.13. The number of aromatic amines is 1. The van der Waals surface area contributed by atoms with Crippen LogP contribution in [-0.4, -0.2) is 20.0 Å². The average molecular weight is 321 g/mol. The standard InChI is InChI=1S/C17H9F2N5/c18-12-3-4-15(13(19)8-12)24-6-5-10-1-2-11(7-16(10)24)17-14(9-20)21-23-22-17/h1-8H,(H,21,22,23). The van der Waals surface area contributed by atoms with Gasteiger partial charge in [-0.3, -0.25) is 0 Å². The number of nitrogens with zero attached hydrogens (tertiary/aromatic N) is 4. The Hall–Kier alpha value is -3.53. The molecule has 0 saturated carbocycles. The number of fused-ring (bicyclic) bond motifs is 1. The second kappa shape index (κ2) is 5.28. The molecule has 4 aromatic rings. The molecule has 4 rings (SSSR count). The highest BCUT2D eigenvalue weighted by Gasteiger charge is 2.13. The number of hydrogen-bond acceptors (Lipinski definition) is 3. The average Bonchev–Trinajstić information content (AvgIpc) is 3.20. The molecule has 2 aromatic heterocycles. The highest BCUT2D eigenvalue weighted by atomic mass is 19.1. The van der Waals surface area contributed by atoms with E-state index < -0.39 is 11.6 Å². The Morgan fingerprint density at radius 1 is 1.04 bits per heavy atom. The summed E-state index contributed by atoms with van der Waals surface area (Å²) in [6.07, 6.45) is 1.71. The maximum absolute atomic E-state index is 14.1. The molecule has 0 unspecified atom stereocenters. The Labute approximate surface area is 134 Å². The van der Waals surface area contributed by atoms with Crippen molar-refractivity contribution in [2.75, 3.05) is 0 Å². The zero-order valence-electron chi connectivity index (χ0n) is 12.2. The van der Waals surface area contributed by atoms with E-state index in [9.17, 15) is 8.78 Å². The Kier molecular flexibility index (Phi) is 3.10. The Morgan fingerprint density at radius 2 is 1.92 bits per heavy atom. The molecule has 0 amide bonds. The second-order valence-corrected chi connectivity index (χ2v) is 5.19. The van der Waals surface area contributed by atoms with E-state index in [-0.39, 0.29) is 11.4 Å². The highest BCUT2D eigenvalue weighted by Crippen LogP contribution is 2.28. The van der Waals surface area contributed by atoms with Crippen LogP contribution in [0.5, 0.6) is 0 Å². The monoisotopic (exact) mass is 321 g/mol. The van der Waals surface area contributed by atoms with E-state index in [4.69, 9.17) is 5.26 Å². The van der Waals surface area contributed by atoms with Gasteiger partial charge in [-0.05, 0) is 29.7 Å². The lowest BCUT2D eigenvalue weighted by Gasteiger charge is -2.08. The van der Waals surface area contributed by atoms with Crippen LogP contribution in [-0.2, 0) is 0 Å². The van der Waals surface area contributed by atoms with Crippen molar-refractivity contribution in [2.24, 2.45) is 0 Å². The van der Waals surface area contributed by atoms with Gasteiger partial charge in [-0.25, -0.2) is 8.78 Å². The minimum absolute atomic E-state index is 0.181. The molecule has 24 heavy (non-hydrogen) atoms. The maximum atomic E-state index is 14.1. The predicted molar refractivity (Wildman–Crippen MR) is 83.3 cm³/mol. The van der Waals surface area contributed by atoms with Gasteiger partial charge in [0.1, 0.15) is 23.4 Å². The summed E-state index contributed by atoms with van der Waals surface area (Å²) in [5.41, 5.74) is 2.23. The minimum Gasteiger partial charge on any atom is -0.314 e. The maximum Gasteiger partial charge on any atom is 0.190 e. The fourth-order valence-electron chi connectivity index (χ4n) is 2.67. The molecule has 0 bridgehead atoms. The van der Waals surface area contributed by atoms with Crippen LogP contribution in [0.2, 0.25) is 0 Å². The molecule has 7 heteroatoms. The van der Waals surface area contributed by atoms with Gasteiger partial charge in [-0.15, -0.1) is 5.10 Å². The van der Waals surface area contributed by atoms with Crippen molar-refractivity contribution in [3.63, 3.8) is 0 Å². The number of rotatable bonds is 2. The van der Waals surface area contributed by atoms with Crippen molar-refractivity contribution >= 4 is 10.9 Å². The molecule has 1 N–H and O–H groups in total. The molecule has 0 radical (unpaired) electrons. The smallest absolute Gasteiger partial charge is 0.190 e. The number of nitriles is 1. The molecule has 0 fully saturated rings. The SMILES string of the molecule is N#Cc1n[nH]nc1-c1ccc2ccn(-c3ccc(F)cc3F)c2c1. The zero-order valence-corrected chi connectivity index (χ0v) is 12.2. The zero-order chi connectivity index (χ0) is 16.7. The van der Waals surface area contributed by atoms with Crippen LogP contribution in [0.4, 0.5) is 8.78 Å². The van der Waals surface area contributed by atoms with Crippen LogP contribution in [0.25, 0.3) is 27.8 Å². The molecular weight excluding hydrogens is 312 g/mol. The number of aromatic nitrogens is 4. The van der Waals surface area contributed by atoms with Crippen LogP contribution in [0.15, 0.2) is 48.7 Å². The van der Waals surface area contributed by atoms with E-state index in [0.29, 0.717) is 16.8 Å². The lowest BCUT2D eigenvalue weighted by molar-refractivity contribution is 0.578. The number of halogens is 2. The summed E-state index contributed by atoms with van der Waals surface area (Å²) in [4.78, 5) is 0. The number of benzene rings is 2. The van der Waals surface area contributed by atoms with E-state index in [1.165, 1.54) is 12.1 Å². The van der Waals surface area contributed by atoms with Gasteiger partial charge in [-0.1, -0.05) is 12.1 Å².